The van der Waals surface area contributed by atoms with Gasteiger partial charge in [0, 0.05) is 22.9 Å². The van der Waals surface area contributed by atoms with Crippen LogP contribution in [0.2, 0.25) is 5.02 Å². The fraction of sp³-hybridized carbons (Fsp3) is 0. The summed E-state index contributed by atoms with van der Waals surface area (Å²) in [6.07, 6.45) is 1.50. The van der Waals surface area contributed by atoms with Gasteiger partial charge >= 0.3 is 0 Å². The number of nitrogens with one attached hydrogen (secondary N) is 1. The average Bonchev–Trinajstić information content (AvgIpc) is 3.16. The van der Waals surface area contributed by atoms with Gasteiger partial charge in [-0.05, 0) is 36.4 Å². The van der Waals surface area contributed by atoms with Gasteiger partial charge in [0.2, 0.25) is 0 Å². The van der Waals surface area contributed by atoms with Crippen molar-refractivity contribution >= 4 is 34.5 Å². The summed E-state index contributed by atoms with van der Waals surface area (Å²) in [5.74, 6) is -0.487. The van der Waals surface area contributed by atoms with Crippen molar-refractivity contribution in [3.63, 3.8) is 0 Å². The molecule has 4 aromatic rings. The van der Waals surface area contributed by atoms with Gasteiger partial charge < -0.3 is 5.32 Å². The third-order valence-corrected chi connectivity index (χ3v) is 4.30. The summed E-state index contributed by atoms with van der Waals surface area (Å²) in [4.78, 5) is 22.8. The second-order valence-corrected chi connectivity index (χ2v) is 6.22. The number of hydrogen-bond donors (Lipinski definition) is 1. The number of rotatable bonds is 4. The van der Waals surface area contributed by atoms with Gasteiger partial charge in [0.1, 0.15) is 11.3 Å². The lowest BCUT2D eigenvalue weighted by Crippen LogP contribution is -2.12. The van der Waals surface area contributed by atoms with Crippen LogP contribution in [0.5, 0.6) is 0 Å². The molecule has 2 aromatic carbocycles. The number of carbonyl (C=O) groups excluding carboxylic acids is 1. The minimum Gasteiger partial charge on any atom is -0.322 e. The van der Waals surface area contributed by atoms with Crippen LogP contribution < -0.4 is 5.32 Å². The lowest BCUT2D eigenvalue weighted by Gasteiger charge is -2.08. The first-order valence-electron chi connectivity index (χ1n) is 8.04. The molecular weight excluding hydrogens is 384 g/mol. The number of benzene rings is 2. The highest BCUT2D eigenvalue weighted by atomic mass is 35.5. The first kappa shape index (κ1) is 17.6. The van der Waals surface area contributed by atoms with E-state index in [1.165, 1.54) is 18.5 Å². The van der Waals surface area contributed by atoms with E-state index in [1.54, 1.807) is 34.8 Å². The summed E-state index contributed by atoms with van der Waals surface area (Å²) in [6.45, 7) is 0. The third-order valence-electron chi connectivity index (χ3n) is 3.98. The Labute approximate surface area is 162 Å². The number of nitro groups is 1. The van der Waals surface area contributed by atoms with Crippen LogP contribution in [0.15, 0.2) is 60.9 Å². The van der Waals surface area contributed by atoms with Gasteiger partial charge in [-0.3, -0.25) is 14.9 Å². The topological polar surface area (TPSA) is 115 Å². The van der Waals surface area contributed by atoms with E-state index in [0.717, 1.165) is 11.6 Å². The molecule has 0 saturated heterocycles. The van der Waals surface area contributed by atoms with E-state index in [2.05, 4.69) is 20.6 Å². The molecule has 10 heteroatoms. The SMILES string of the molecule is O=C(Nc1cccc(-c2ccc3nncn3n2)c1)c1ccc(Cl)c([N+](=O)[O-])c1. The van der Waals surface area contributed by atoms with Crippen LogP contribution in [0.4, 0.5) is 11.4 Å². The maximum atomic E-state index is 12.5. The Morgan fingerprint density at radius 1 is 1.14 bits per heavy atom. The zero-order valence-electron chi connectivity index (χ0n) is 14.1. The molecule has 0 aliphatic heterocycles. The molecule has 1 amide bonds. The predicted octanol–water partition coefficient (Wildman–Crippen LogP) is 3.61. The standard InChI is InChI=1S/C18H11ClN6O3/c19-14-5-4-12(9-16(14)25(27)28)18(26)21-13-3-1-2-11(8-13)15-6-7-17-22-20-10-24(17)23-15/h1-10H,(H,21,26). The average molecular weight is 395 g/mol. The zero-order valence-corrected chi connectivity index (χ0v) is 14.9. The molecule has 4 rings (SSSR count). The Morgan fingerprint density at radius 3 is 2.82 bits per heavy atom. The van der Waals surface area contributed by atoms with E-state index in [-0.39, 0.29) is 16.3 Å². The number of carbonyl (C=O) groups is 1. The number of nitro benzene ring substituents is 1. The number of amides is 1. The van der Waals surface area contributed by atoms with E-state index >= 15 is 0 Å². The molecule has 0 aliphatic rings. The first-order valence-corrected chi connectivity index (χ1v) is 8.42. The van der Waals surface area contributed by atoms with Crippen molar-refractivity contribution in [2.45, 2.75) is 0 Å². The molecule has 2 heterocycles. The maximum Gasteiger partial charge on any atom is 0.288 e. The quantitative estimate of drug-likeness (QED) is 0.417. The number of nitrogens with zero attached hydrogens (tertiary/aromatic N) is 5. The van der Waals surface area contributed by atoms with Crippen molar-refractivity contribution in [1.82, 2.24) is 19.8 Å². The smallest absolute Gasteiger partial charge is 0.288 e. The van der Waals surface area contributed by atoms with E-state index in [4.69, 9.17) is 11.6 Å². The van der Waals surface area contributed by atoms with E-state index < -0.39 is 10.8 Å². The van der Waals surface area contributed by atoms with Crippen molar-refractivity contribution in [3.8, 4) is 11.3 Å². The van der Waals surface area contributed by atoms with Crippen molar-refractivity contribution in [2.75, 3.05) is 5.32 Å². The van der Waals surface area contributed by atoms with Crippen LogP contribution >= 0.6 is 11.6 Å². The van der Waals surface area contributed by atoms with Crippen molar-refractivity contribution < 1.29 is 9.72 Å². The van der Waals surface area contributed by atoms with Gasteiger partial charge in [-0.1, -0.05) is 23.7 Å². The number of fused-ring (bicyclic) bond motifs is 1. The van der Waals surface area contributed by atoms with Gasteiger partial charge in [-0.2, -0.15) is 9.61 Å². The fourth-order valence-electron chi connectivity index (χ4n) is 2.64. The zero-order chi connectivity index (χ0) is 19.7. The number of hydrogen-bond acceptors (Lipinski definition) is 6. The minimum atomic E-state index is -0.632. The molecular formula is C18H11ClN6O3. The molecule has 28 heavy (non-hydrogen) atoms. The molecule has 0 aliphatic carbocycles. The van der Waals surface area contributed by atoms with Crippen LogP contribution in [0, 0.1) is 10.1 Å². The Bertz CT molecular complexity index is 1220. The molecule has 0 bridgehead atoms. The van der Waals surface area contributed by atoms with Crippen LogP contribution in [-0.4, -0.2) is 30.6 Å². The highest BCUT2D eigenvalue weighted by Crippen LogP contribution is 2.26. The Balaban J connectivity index is 1.60. The Kier molecular flexibility index (Phi) is 4.42. The first-order chi connectivity index (χ1) is 13.5. The molecule has 0 saturated carbocycles. The summed E-state index contributed by atoms with van der Waals surface area (Å²) in [5, 5.41) is 25.8. The molecule has 0 radical (unpaired) electrons. The van der Waals surface area contributed by atoms with Gasteiger partial charge in [-0.25, -0.2) is 0 Å². The van der Waals surface area contributed by atoms with Crippen molar-refractivity contribution in [3.05, 3.63) is 81.6 Å². The summed E-state index contributed by atoms with van der Waals surface area (Å²) in [7, 11) is 0. The van der Waals surface area contributed by atoms with Gasteiger partial charge in [0.05, 0.1) is 10.6 Å². The van der Waals surface area contributed by atoms with Crippen LogP contribution in [0.1, 0.15) is 10.4 Å². The Hall–Kier alpha value is -3.85. The summed E-state index contributed by atoms with van der Waals surface area (Å²) in [5.41, 5.74) is 2.39. The lowest BCUT2D eigenvalue weighted by molar-refractivity contribution is -0.384. The van der Waals surface area contributed by atoms with Gasteiger partial charge in [0.15, 0.2) is 5.65 Å². The molecule has 138 valence electrons. The number of halogens is 1. The number of anilines is 1. The van der Waals surface area contributed by atoms with E-state index in [1.807, 2.05) is 6.07 Å². The fourth-order valence-corrected chi connectivity index (χ4v) is 2.82. The monoisotopic (exact) mass is 394 g/mol. The Morgan fingerprint density at radius 2 is 2.00 bits per heavy atom. The molecule has 9 nitrogen and oxygen atoms in total. The van der Waals surface area contributed by atoms with E-state index in [9.17, 15) is 14.9 Å². The normalized spacial score (nSPS) is 10.8. The second-order valence-electron chi connectivity index (χ2n) is 5.81. The van der Waals surface area contributed by atoms with Crippen LogP contribution in [-0.2, 0) is 0 Å². The lowest BCUT2D eigenvalue weighted by atomic mass is 10.1. The predicted molar refractivity (Wildman–Crippen MR) is 102 cm³/mol. The van der Waals surface area contributed by atoms with E-state index in [0.29, 0.717) is 17.0 Å². The van der Waals surface area contributed by atoms with Crippen molar-refractivity contribution in [1.29, 1.82) is 0 Å². The second kappa shape index (κ2) is 7.05. The largest absolute Gasteiger partial charge is 0.322 e. The van der Waals surface area contributed by atoms with Gasteiger partial charge in [0.25, 0.3) is 11.6 Å². The highest BCUT2D eigenvalue weighted by Gasteiger charge is 2.16. The number of aromatic nitrogens is 4. The molecule has 0 spiro atoms. The van der Waals surface area contributed by atoms with Gasteiger partial charge in [-0.15, -0.1) is 10.2 Å². The van der Waals surface area contributed by atoms with Crippen LogP contribution in [0.25, 0.3) is 16.9 Å². The summed E-state index contributed by atoms with van der Waals surface area (Å²) < 4.78 is 1.55. The molecule has 0 atom stereocenters. The van der Waals surface area contributed by atoms with Crippen LogP contribution in [0.3, 0.4) is 0 Å². The minimum absolute atomic E-state index is 0.0287. The summed E-state index contributed by atoms with van der Waals surface area (Å²) >= 11 is 5.79. The molecule has 2 aromatic heterocycles. The third kappa shape index (κ3) is 3.38. The molecule has 1 N–H and O–H groups in total. The molecule has 0 fully saturated rings. The van der Waals surface area contributed by atoms with Crippen molar-refractivity contribution in [2.24, 2.45) is 0 Å². The molecule has 0 unspecified atom stereocenters. The maximum absolute atomic E-state index is 12.5. The summed E-state index contributed by atoms with van der Waals surface area (Å²) in [6, 6.07) is 14.6. The highest BCUT2D eigenvalue weighted by molar-refractivity contribution is 6.32.